The Morgan fingerprint density at radius 1 is 0.841 bits per heavy atom. The van der Waals surface area contributed by atoms with E-state index in [-0.39, 0.29) is 34.1 Å². The lowest BCUT2D eigenvalue weighted by Gasteiger charge is -2.25. The third-order valence-electron chi connectivity index (χ3n) is 7.50. The van der Waals surface area contributed by atoms with E-state index in [0.717, 1.165) is 11.1 Å². The molecule has 0 aliphatic heterocycles. The van der Waals surface area contributed by atoms with Gasteiger partial charge in [-0.2, -0.15) is 0 Å². The van der Waals surface area contributed by atoms with Crippen LogP contribution in [0, 0.1) is 21.0 Å². The highest BCUT2D eigenvalue weighted by Crippen LogP contribution is 2.46. The van der Waals surface area contributed by atoms with E-state index in [0.29, 0.717) is 42.7 Å². The Morgan fingerprint density at radius 2 is 1.55 bits per heavy atom. The Kier molecular flexibility index (Phi) is 9.41. The van der Waals surface area contributed by atoms with Crippen LogP contribution in [0.4, 0.5) is 30.2 Å². The smallest absolute Gasteiger partial charge is 0.185 e. The van der Waals surface area contributed by atoms with Crippen LogP contribution in [-0.4, -0.2) is 18.3 Å². The van der Waals surface area contributed by atoms with Gasteiger partial charge in [-0.05, 0) is 70.8 Å². The topological polar surface area (TPSA) is 64.9 Å². The van der Waals surface area contributed by atoms with Crippen LogP contribution in [0.15, 0.2) is 95.6 Å². The molecule has 6 nitrogen and oxygen atoms in total. The second-order valence-corrected chi connectivity index (χ2v) is 12.0. The predicted molar refractivity (Wildman–Crippen MR) is 171 cm³/mol. The van der Waals surface area contributed by atoms with E-state index in [2.05, 4.69) is 10.8 Å². The number of ether oxygens (including phenoxy) is 2. The summed E-state index contributed by atoms with van der Waals surface area (Å²) in [7, 11) is 0. The van der Waals surface area contributed by atoms with E-state index in [1.165, 1.54) is 24.5 Å². The molecular weight excluding hydrogens is 684 g/mol. The number of hydrogen-bond donors (Lipinski definition) is 2. The molecule has 5 aromatic rings. The molecule has 6 rings (SSSR count). The van der Waals surface area contributed by atoms with Crippen molar-refractivity contribution in [2.45, 2.75) is 44.2 Å². The fourth-order valence-corrected chi connectivity index (χ4v) is 5.42. The van der Waals surface area contributed by atoms with E-state index in [4.69, 9.17) is 18.7 Å². The van der Waals surface area contributed by atoms with Crippen LogP contribution in [0.5, 0.6) is 0 Å². The Morgan fingerprint density at radius 3 is 2.23 bits per heavy atom. The lowest BCUT2D eigenvalue weighted by atomic mass is 10.1. The van der Waals surface area contributed by atoms with Gasteiger partial charge in [-0.15, -0.1) is 0 Å². The average molecular weight is 715 g/mol. The molecule has 1 aliphatic rings. The lowest BCUT2D eigenvalue weighted by Crippen LogP contribution is -2.30. The quantitative estimate of drug-likeness (QED) is 0.0884. The second kappa shape index (κ2) is 13.6. The first kappa shape index (κ1) is 30.4. The van der Waals surface area contributed by atoms with Crippen LogP contribution >= 0.6 is 22.6 Å². The summed E-state index contributed by atoms with van der Waals surface area (Å²) in [6.07, 6.45) is 2.86. The fourth-order valence-electron chi connectivity index (χ4n) is 4.97. The number of furan rings is 1. The largest absolute Gasteiger partial charge is 0.462 e. The van der Waals surface area contributed by atoms with Crippen LogP contribution < -0.4 is 10.8 Å². The minimum atomic E-state index is -1.19. The Labute approximate surface area is 266 Å². The van der Waals surface area contributed by atoms with Crippen molar-refractivity contribution in [3.63, 3.8) is 0 Å². The highest BCUT2D eigenvalue weighted by atomic mass is 127. The van der Waals surface area contributed by atoms with E-state index in [1.54, 1.807) is 6.07 Å². The molecule has 44 heavy (non-hydrogen) atoms. The Bertz CT molecular complexity index is 1710. The van der Waals surface area contributed by atoms with Crippen LogP contribution in [-0.2, 0) is 27.5 Å². The van der Waals surface area contributed by atoms with Crippen molar-refractivity contribution >= 4 is 50.6 Å². The summed E-state index contributed by atoms with van der Waals surface area (Å²) in [5, 5.41) is 2.63. The molecule has 228 valence electrons. The van der Waals surface area contributed by atoms with Gasteiger partial charge in [0, 0.05) is 9.99 Å². The third-order valence-corrected chi connectivity index (χ3v) is 8.17. The van der Waals surface area contributed by atoms with E-state index in [1.807, 2.05) is 83.3 Å². The molecule has 1 heterocycles. The molecule has 1 fully saturated rings. The molecule has 0 bridgehead atoms. The van der Waals surface area contributed by atoms with Gasteiger partial charge in [0.05, 0.1) is 48.9 Å². The monoisotopic (exact) mass is 714 g/mol. The molecule has 0 radical (unpaired) electrons. The van der Waals surface area contributed by atoms with Gasteiger partial charge in [-0.3, -0.25) is 10.3 Å². The molecule has 0 saturated heterocycles. The molecule has 1 atom stereocenters. The maximum Gasteiger partial charge on any atom is 0.185 e. The molecule has 1 aromatic heterocycles. The SMILES string of the molecule is Fc1cc(I)ccc1Nc1c(F)c(F)c2ccoc2c1NOC1(C[C@H](COCc2ccccc2)OCc2ccccc2)CC1. The molecule has 4 aromatic carbocycles. The maximum atomic E-state index is 15.4. The lowest BCUT2D eigenvalue weighted by molar-refractivity contribution is -0.0629. The fraction of sp³-hybridized carbons (Fsp3) is 0.235. The summed E-state index contributed by atoms with van der Waals surface area (Å²) < 4.78 is 63.6. The van der Waals surface area contributed by atoms with Gasteiger partial charge in [0.25, 0.3) is 0 Å². The van der Waals surface area contributed by atoms with Crippen molar-refractivity contribution in [3.05, 3.63) is 123 Å². The summed E-state index contributed by atoms with van der Waals surface area (Å²) >= 11 is 1.97. The zero-order valence-corrected chi connectivity index (χ0v) is 25.8. The summed E-state index contributed by atoms with van der Waals surface area (Å²) in [5.74, 6) is -2.92. The van der Waals surface area contributed by atoms with E-state index >= 15 is 4.39 Å². The van der Waals surface area contributed by atoms with Gasteiger partial charge in [0.1, 0.15) is 17.2 Å². The summed E-state index contributed by atoms with van der Waals surface area (Å²) in [4.78, 5) is 6.20. The first-order valence-electron chi connectivity index (χ1n) is 14.2. The minimum absolute atomic E-state index is 0.0233. The first-order valence-corrected chi connectivity index (χ1v) is 15.3. The third kappa shape index (κ3) is 7.20. The van der Waals surface area contributed by atoms with Crippen LogP contribution in [0.1, 0.15) is 30.4 Å². The van der Waals surface area contributed by atoms with Gasteiger partial charge >= 0.3 is 0 Å². The molecule has 2 N–H and O–H groups in total. The number of benzene rings is 4. The van der Waals surface area contributed by atoms with Gasteiger partial charge in [0.15, 0.2) is 17.2 Å². The van der Waals surface area contributed by atoms with Crippen LogP contribution in [0.2, 0.25) is 0 Å². The number of nitrogens with one attached hydrogen (secondary N) is 2. The Hall–Kier alpha value is -3.58. The highest BCUT2D eigenvalue weighted by molar-refractivity contribution is 14.1. The van der Waals surface area contributed by atoms with Crippen LogP contribution in [0.3, 0.4) is 0 Å². The van der Waals surface area contributed by atoms with Crippen molar-refractivity contribution in [1.29, 1.82) is 0 Å². The minimum Gasteiger partial charge on any atom is -0.462 e. The van der Waals surface area contributed by atoms with E-state index < -0.39 is 23.1 Å². The zero-order valence-electron chi connectivity index (χ0n) is 23.6. The molecular formula is C34H30F3IN2O4. The van der Waals surface area contributed by atoms with Crippen molar-refractivity contribution in [3.8, 4) is 0 Å². The van der Waals surface area contributed by atoms with Crippen LogP contribution in [0.25, 0.3) is 11.0 Å². The summed E-state index contributed by atoms with van der Waals surface area (Å²) in [6.45, 7) is 1.17. The summed E-state index contributed by atoms with van der Waals surface area (Å²) in [5.41, 5.74) is 3.99. The highest BCUT2D eigenvalue weighted by Gasteiger charge is 2.47. The Balaban J connectivity index is 1.20. The van der Waals surface area contributed by atoms with Crippen molar-refractivity contribution in [1.82, 2.24) is 0 Å². The molecule has 1 saturated carbocycles. The van der Waals surface area contributed by atoms with Crippen molar-refractivity contribution in [2.75, 3.05) is 17.4 Å². The zero-order chi connectivity index (χ0) is 30.5. The number of halogens is 4. The number of rotatable bonds is 14. The van der Waals surface area contributed by atoms with Crippen molar-refractivity contribution in [2.24, 2.45) is 0 Å². The number of anilines is 3. The predicted octanol–water partition coefficient (Wildman–Crippen LogP) is 9.27. The molecule has 0 spiro atoms. The number of fused-ring (bicyclic) bond motifs is 1. The van der Waals surface area contributed by atoms with Gasteiger partial charge < -0.3 is 19.2 Å². The molecule has 1 aliphatic carbocycles. The normalized spacial score (nSPS) is 14.5. The van der Waals surface area contributed by atoms with Gasteiger partial charge in [-0.1, -0.05) is 60.7 Å². The molecule has 0 amide bonds. The van der Waals surface area contributed by atoms with Crippen molar-refractivity contribution < 1.29 is 31.9 Å². The second-order valence-electron chi connectivity index (χ2n) is 10.8. The van der Waals surface area contributed by atoms with Gasteiger partial charge in [0.2, 0.25) is 0 Å². The average Bonchev–Trinajstić information content (AvgIpc) is 3.62. The molecule has 0 unspecified atom stereocenters. The molecule has 10 heteroatoms. The summed E-state index contributed by atoms with van der Waals surface area (Å²) in [6, 6.07) is 25.5. The maximum absolute atomic E-state index is 15.4. The van der Waals surface area contributed by atoms with Gasteiger partial charge in [-0.25, -0.2) is 13.2 Å². The number of hydrogen-bond acceptors (Lipinski definition) is 6. The standard InChI is InChI=1S/C34H30F3IN2O4/c35-27-17-24(38)11-12-28(27)39-31-30(37)29(36)26-13-16-42-33(26)32(31)40-44-34(14-15-34)18-25(43-20-23-9-5-2-6-10-23)21-41-19-22-7-3-1-4-8-22/h1-13,16-17,25,39-40H,14-15,18-21H2/t25-/m1/s1. The van der Waals surface area contributed by atoms with E-state index in [9.17, 15) is 8.78 Å². The first-order chi connectivity index (χ1) is 21.4.